The van der Waals surface area contributed by atoms with Crippen LogP contribution < -0.4 is 10.6 Å². The second-order valence-corrected chi connectivity index (χ2v) is 12.0. The molecular weight excluding hydrogens is 732 g/mol. The number of H-pyrrole nitrogens is 1. The van der Waals surface area contributed by atoms with Gasteiger partial charge in [-0.05, 0) is 50.6 Å². The highest BCUT2D eigenvalue weighted by Crippen LogP contribution is 2.29. The van der Waals surface area contributed by atoms with Gasteiger partial charge >= 0.3 is 6.18 Å². The van der Waals surface area contributed by atoms with Crippen LogP contribution in [0.1, 0.15) is 45.9 Å². The maximum absolute atomic E-state index is 14.9. The van der Waals surface area contributed by atoms with Crippen molar-refractivity contribution in [2.24, 2.45) is 7.05 Å². The fourth-order valence-corrected chi connectivity index (χ4v) is 5.69. The van der Waals surface area contributed by atoms with Gasteiger partial charge in [-0.15, -0.1) is 0 Å². The number of halogens is 5. The van der Waals surface area contributed by atoms with E-state index in [1.165, 1.54) is 22.9 Å². The van der Waals surface area contributed by atoms with Crippen molar-refractivity contribution in [3.05, 3.63) is 64.5 Å². The largest absolute Gasteiger partial charge is 0.446 e. The van der Waals surface area contributed by atoms with Crippen LogP contribution in [0.3, 0.4) is 0 Å². The van der Waals surface area contributed by atoms with E-state index in [2.05, 4.69) is 38.4 Å². The van der Waals surface area contributed by atoms with Gasteiger partial charge in [0.1, 0.15) is 5.82 Å². The molecule has 0 radical (unpaired) electrons. The Balaban J connectivity index is 0.000000827. The number of aliphatic hydroxyl groups excluding tert-OH is 1. The highest BCUT2D eigenvalue weighted by molar-refractivity contribution is 7.80. The molecule has 2 aromatic carbocycles. The highest BCUT2D eigenvalue weighted by Gasteiger charge is 2.27. The Morgan fingerprint density at radius 2 is 1.73 bits per heavy atom. The second kappa shape index (κ2) is 19.4. The van der Waals surface area contributed by atoms with Crippen LogP contribution in [0, 0.1) is 12.7 Å². The number of aromatic amines is 1. The summed E-state index contributed by atoms with van der Waals surface area (Å²) >= 11 is 10.6. The van der Waals surface area contributed by atoms with Crippen LogP contribution in [0.15, 0.2) is 36.5 Å². The minimum absolute atomic E-state index is 0.0708. The molecule has 1 fully saturated rings. The number of benzene rings is 2. The summed E-state index contributed by atoms with van der Waals surface area (Å²) in [6.45, 7) is 4.44. The molecule has 0 spiro atoms. The van der Waals surface area contributed by atoms with Crippen molar-refractivity contribution >= 4 is 64.8 Å². The SMILES string of the molecule is CO.Cc1[nH]nc2cc(F)c(-c3cnc(C(=O)Nc4ccc(C(=O)N5CCN(C(=O)CCCCNCS)CC5)c(Cl)c4)n3C)cc12.O=CC(F)(F)F. The number of alkyl halides is 3. The van der Waals surface area contributed by atoms with Crippen LogP contribution in [0.5, 0.6) is 0 Å². The number of nitrogens with one attached hydrogen (secondary N) is 3. The first-order valence-corrected chi connectivity index (χ1v) is 16.9. The number of hydrogen-bond donors (Lipinski definition) is 5. The first kappa shape index (κ1) is 41.9. The maximum Gasteiger partial charge on any atom is 0.446 e. The molecule has 0 unspecified atom stereocenters. The molecule has 0 aliphatic carbocycles. The zero-order valence-electron chi connectivity index (χ0n) is 28.6. The van der Waals surface area contributed by atoms with Crippen LogP contribution in [0.2, 0.25) is 5.02 Å². The Morgan fingerprint density at radius 1 is 1.08 bits per heavy atom. The lowest BCUT2D eigenvalue weighted by Gasteiger charge is -2.35. The summed E-state index contributed by atoms with van der Waals surface area (Å²) in [5, 5.41) is 20.8. The standard InChI is InChI=1S/C30H34ClFN8O3S.C2HF3O.CH4O/c1-18-21-14-22(24(32)15-25(21)37-36-18)26-16-34-28(38(26)2)29(42)35-19-6-7-20(23(31)13-19)30(43)40-11-9-39(10-12-40)27(41)5-3-4-8-33-17-44;3-2(4,5)1-6;1-2/h6-7,13-16,33,44H,3-5,8-12,17H2,1-2H3,(H,35,42)(H,36,37);1H;2H,1H3. The Hall–Kier alpha value is -4.52. The van der Waals surface area contributed by atoms with Gasteiger partial charge in [0.25, 0.3) is 11.8 Å². The molecule has 1 aliphatic rings. The van der Waals surface area contributed by atoms with Gasteiger partial charge in [-0.1, -0.05) is 11.6 Å². The van der Waals surface area contributed by atoms with Crippen LogP contribution >= 0.6 is 24.2 Å². The number of thiol groups is 1. The summed E-state index contributed by atoms with van der Waals surface area (Å²) in [6.07, 6.45) is -2.06. The number of anilines is 1. The number of amides is 3. The quantitative estimate of drug-likeness (QED) is 0.0514. The first-order chi connectivity index (χ1) is 24.7. The summed E-state index contributed by atoms with van der Waals surface area (Å²) in [6, 6.07) is 7.70. The molecule has 4 aromatic rings. The monoisotopic (exact) mass is 770 g/mol. The number of aliphatic hydroxyl groups is 1. The van der Waals surface area contributed by atoms with Crippen LogP contribution in [0.4, 0.5) is 23.2 Å². The van der Waals surface area contributed by atoms with Crippen LogP contribution in [-0.2, 0) is 16.6 Å². The lowest BCUT2D eigenvalue weighted by atomic mass is 10.1. The second-order valence-electron chi connectivity index (χ2n) is 11.3. The van der Waals surface area contributed by atoms with Crippen molar-refractivity contribution in [2.75, 3.05) is 51.0 Å². The number of carbonyl (C=O) groups is 4. The molecule has 1 aliphatic heterocycles. The summed E-state index contributed by atoms with van der Waals surface area (Å²) in [5.41, 5.74) is 2.72. The van der Waals surface area contributed by atoms with Gasteiger partial charge in [-0.25, -0.2) is 9.37 Å². The number of piperazine rings is 1. The minimum atomic E-state index is -4.64. The van der Waals surface area contributed by atoms with E-state index < -0.39 is 24.2 Å². The molecule has 4 N–H and O–H groups in total. The lowest BCUT2D eigenvalue weighted by Crippen LogP contribution is -2.50. The van der Waals surface area contributed by atoms with Gasteiger partial charge in [-0.2, -0.15) is 30.9 Å². The number of aryl methyl sites for hydroxylation is 1. The van der Waals surface area contributed by atoms with Crippen molar-refractivity contribution in [1.29, 1.82) is 0 Å². The first-order valence-electron chi connectivity index (χ1n) is 15.9. The molecule has 0 bridgehead atoms. The smallest absolute Gasteiger partial charge is 0.400 e. The van der Waals surface area contributed by atoms with E-state index in [1.807, 2.05) is 6.92 Å². The van der Waals surface area contributed by atoms with E-state index in [0.717, 1.165) is 37.6 Å². The molecule has 52 heavy (non-hydrogen) atoms. The molecule has 2 aromatic heterocycles. The molecule has 0 saturated carbocycles. The Kier molecular flexibility index (Phi) is 15.6. The highest BCUT2D eigenvalue weighted by atomic mass is 35.5. The maximum atomic E-state index is 14.9. The van der Waals surface area contributed by atoms with E-state index in [-0.39, 0.29) is 22.7 Å². The normalized spacial score (nSPS) is 12.8. The van der Waals surface area contributed by atoms with E-state index in [0.29, 0.717) is 66.5 Å². The average molecular weight is 771 g/mol. The van der Waals surface area contributed by atoms with Crippen LogP contribution in [0.25, 0.3) is 22.2 Å². The van der Waals surface area contributed by atoms with Crippen molar-refractivity contribution in [1.82, 2.24) is 34.9 Å². The van der Waals surface area contributed by atoms with Gasteiger partial charge in [0, 0.05) is 81.0 Å². The summed E-state index contributed by atoms with van der Waals surface area (Å²) in [5.74, 6) is -0.452. The van der Waals surface area contributed by atoms with Gasteiger partial charge in [0.15, 0.2) is 5.82 Å². The number of aldehydes is 1. The number of carbonyl (C=O) groups excluding carboxylic acids is 4. The number of nitrogens with zero attached hydrogens (tertiary/aromatic N) is 5. The van der Waals surface area contributed by atoms with Gasteiger partial charge in [0.05, 0.1) is 28.0 Å². The number of unbranched alkanes of at least 4 members (excludes halogenated alkanes) is 1. The third kappa shape index (κ3) is 11.0. The Bertz CT molecular complexity index is 1860. The molecule has 3 heterocycles. The van der Waals surface area contributed by atoms with E-state index >= 15 is 0 Å². The molecule has 282 valence electrons. The molecule has 13 nitrogen and oxygen atoms in total. The summed E-state index contributed by atoms with van der Waals surface area (Å²) in [7, 11) is 2.63. The minimum Gasteiger partial charge on any atom is -0.400 e. The topological polar surface area (TPSA) is 166 Å². The van der Waals surface area contributed by atoms with E-state index in [4.69, 9.17) is 21.5 Å². The van der Waals surface area contributed by atoms with E-state index in [1.54, 1.807) is 35.0 Å². The van der Waals surface area contributed by atoms with E-state index in [9.17, 15) is 31.9 Å². The zero-order valence-corrected chi connectivity index (χ0v) is 30.2. The molecule has 5 rings (SSSR count). The summed E-state index contributed by atoms with van der Waals surface area (Å²) < 4.78 is 47.7. The third-order valence-corrected chi connectivity index (χ3v) is 8.45. The fourth-order valence-electron chi connectivity index (χ4n) is 5.27. The molecular formula is C33H39ClF4N8O5S. The summed E-state index contributed by atoms with van der Waals surface area (Å²) in [4.78, 5) is 55.2. The Labute approximate surface area is 307 Å². The van der Waals surface area contributed by atoms with Crippen molar-refractivity contribution < 1.29 is 41.8 Å². The number of fused-ring (bicyclic) bond motifs is 1. The molecule has 1 saturated heterocycles. The predicted octanol–water partition coefficient (Wildman–Crippen LogP) is 4.60. The fraction of sp³-hybridized carbons (Fsp3) is 0.394. The van der Waals surface area contributed by atoms with Gasteiger partial charge < -0.3 is 30.1 Å². The van der Waals surface area contributed by atoms with Crippen molar-refractivity contribution in [2.45, 2.75) is 32.4 Å². The molecule has 3 amide bonds. The van der Waals surface area contributed by atoms with Gasteiger partial charge in [0.2, 0.25) is 12.2 Å². The third-order valence-electron chi connectivity index (χ3n) is 7.92. The van der Waals surface area contributed by atoms with Crippen molar-refractivity contribution in [3.63, 3.8) is 0 Å². The number of hydrogen-bond acceptors (Lipinski definition) is 9. The molecule has 19 heteroatoms. The Morgan fingerprint density at radius 3 is 2.35 bits per heavy atom. The van der Waals surface area contributed by atoms with Gasteiger partial charge in [-0.3, -0.25) is 24.3 Å². The number of aromatic nitrogens is 4. The number of imidazole rings is 1. The predicted molar refractivity (Wildman–Crippen MR) is 191 cm³/mol. The zero-order chi connectivity index (χ0) is 38.6. The van der Waals surface area contributed by atoms with Crippen molar-refractivity contribution in [3.8, 4) is 11.3 Å². The molecule has 0 atom stereocenters. The van der Waals surface area contributed by atoms with Crippen LogP contribution in [-0.4, -0.2) is 111 Å². The lowest BCUT2D eigenvalue weighted by molar-refractivity contribution is -0.156. The average Bonchev–Trinajstić information content (AvgIpc) is 3.69. The number of rotatable bonds is 10.